The molecule has 0 aliphatic carbocycles. The monoisotopic (exact) mass is 423 g/mol. The fourth-order valence-corrected chi connectivity index (χ4v) is 2.37. The Labute approximate surface area is 176 Å². The summed E-state index contributed by atoms with van der Waals surface area (Å²) in [6.07, 6.45) is 1.10. The molecule has 0 saturated carbocycles. The van der Waals surface area contributed by atoms with E-state index in [9.17, 15) is 10.2 Å². The fraction of sp³-hybridized carbons (Fsp3) is 0.174. The molecule has 133 valence electrons. The van der Waals surface area contributed by atoms with E-state index in [1.165, 1.54) is 41.3 Å². The maximum Gasteiger partial charge on any atom is 3.00 e. The molecule has 3 aromatic carbocycles. The van der Waals surface area contributed by atoms with Crippen molar-refractivity contribution in [1.82, 2.24) is 0 Å². The van der Waals surface area contributed by atoms with Crippen molar-refractivity contribution < 1.29 is 36.4 Å². The van der Waals surface area contributed by atoms with Crippen LogP contribution < -0.4 is 10.2 Å². The summed E-state index contributed by atoms with van der Waals surface area (Å²) in [5.74, 6) is -0.167. The zero-order chi connectivity index (χ0) is 18.8. The van der Waals surface area contributed by atoms with Gasteiger partial charge in [-0.25, -0.2) is 0 Å². The third-order valence-corrected chi connectivity index (χ3v) is 3.30. The Hall–Kier alpha value is -1.99. The van der Waals surface area contributed by atoms with Crippen LogP contribution in [0.15, 0.2) is 85.3 Å². The van der Waals surface area contributed by atoms with Crippen molar-refractivity contribution in [3.8, 4) is 11.1 Å². The minimum atomic E-state index is -0.0833. The van der Waals surface area contributed by atoms with E-state index in [4.69, 9.17) is 0 Å². The molecule has 0 aliphatic rings. The van der Waals surface area contributed by atoms with Crippen LogP contribution in [0, 0.1) is 0 Å². The second-order valence-corrected chi connectivity index (χ2v) is 5.80. The predicted molar refractivity (Wildman–Crippen MR) is 104 cm³/mol. The van der Waals surface area contributed by atoms with Gasteiger partial charge in [-0.1, -0.05) is 62.7 Å². The van der Waals surface area contributed by atoms with Crippen LogP contribution >= 0.6 is 0 Å². The maximum absolute atomic E-state index is 9.33. The largest absolute Gasteiger partial charge is 3.00 e. The van der Waals surface area contributed by atoms with Gasteiger partial charge in [-0.15, -0.1) is 59.2 Å². The van der Waals surface area contributed by atoms with E-state index >= 15 is 0 Å². The molecule has 2 nitrogen and oxygen atoms in total. The predicted octanol–water partition coefficient (Wildman–Crippen LogP) is 4.55. The van der Waals surface area contributed by atoms with Gasteiger partial charge in [-0.05, 0) is 12.0 Å². The van der Waals surface area contributed by atoms with Gasteiger partial charge in [0.05, 0.1) is 0 Å². The summed E-state index contributed by atoms with van der Waals surface area (Å²) in [7, 11) is 0. The van der Waals surface area contributed by atoms with E-state index < -0.39 is 0 Å². The van der Waals surface area contributed by atoms with E-state index in [2.05, 4.69) is 80.7 Å². The SMILES string of the molecule is C=C(C)[O-].C=C(C)[O-].CCc1cc2c(-c3ccccc3)cccc2[cH-]1.[Zr+3]. The van der Waals surface area contributed by atoms with Gasteiger partial charge in [0.15, 0.2) is 0 Å². The van der Waals surface area contributed by atoms with Crippen LogP contribution in [0.2, 0.25) is 0 Å². The summed E-state index contributed by atoms with van der Waals surface area (Å²) in [5.41, 5.74) is 4.05. The van der Waals surface area contributed by atoms with Crippen molar-refractivity contribution in [3.05, 3.63) is 90.9 Å². The number of fused-ring (bicyclic) bond motifs is 1. The molecule has 0 bridgehead atoms. The molecule has 3 rings (SSSR count). The molecule has 0 N–H and O–H groups in total. The van der Waals surface area contributed by atoms with Gasteiger partial charge in [-0.2, -0.15) is 6.07 Å². The third-order valence-electron chi connectivity index (χ3n) is 3.30. The summed E-state index contributed by atoms with van der Waals surface area (Å²) in [4.78, 5) is 0. The van der Waals surface area contributed by atoms with Crippen molar-refractivity contribution in [3.63, 3.8) is 0 Å². The molecule has 3 aromatic rings. The average Bonchev–Trinajstić information content (AvgIpc) is 2.98. The van der Waals surface area contributed by atoms with E-state index in [0.29, 0.717) is 0 Å². The summed E-state index contributed by atoms with van der Waals surface area (Å²) in [5, 5.41) is 21.4. The second-order valence-electron chi connectivity index (χ2n) is 5.80. The first-order chi connectivity index (χ1) is 11.8. The molecule has 0 aliphatic heterocycles. The molecule has 0 atom stereocenters. The van der Waals surface area contributed by atoms with Gasteiger partial charge in [0.25, 0.3) is 0 Å². The van der Waals surface area contributed by atoms with E-state index in [1.54, 1.807) is 0 Å². The zero-order valence-electron chi connectivity index (χ0n) is 15.7. The molecule has 0 amide bonds. The summed E-state index contributed by atoms with van der Waals surface area (Å²) in [6, 6.07) is 21.8. The Balaban J connectivity index is 0.000000596. The Kier molecular flexibility index (Phi) is 11.4. The molecule has 0 spiro atoms. The smallest absolute Gasteiger partial charge is 0.876 e. The quantitative estimate of drug-likeness (QED) is 0.448. The molecule has 0 unspecified atom stereocenters. The average molecular weight is 425 g/mol. The Morgan fingerprint density at radius 3 is 1.96 bits per heavy atom. The molecule has 0 aromatic heterocycles. The van der Waals surface area contributed by atoms with Crippen LogP contribution in [-0.2, 0) is 32.6 Å². The molecule has 1 radical (unpaired) electrons. The number of hydrogen-bond donors (Lipinski definition) is 0. The van der Waals surface area contributed by atoms with Crippen LogP contribution in [-0.4, -0.2) is 0 Å². The molecular weight excluding hydrogens is 399 g/mol. The molecule has 0 fully saturated rings. The topological polar surface area (TPSA) is 46.1 Å². The Morgan fingerprint density at radius 1 is 0.923 bits per heavy atom. The van der Waals surface area contributed by atoms with Crippen LogP contribution in [0.3, 0.4) is 0 Å². The fourth-order valence-electron chi connectivity index (χ4n) is 2.37. The van der Waals surface area contributed by atoms with E-state index in [-0.39, 0.29) is 37.7 Å². The van der Waals surface area contributed by atoms with Crippen LogP contribution in [0.1, 0.15) is 26.3 Å². The van der Waals surface area contributed by atoms with Gasteiger partial charge >= 0.3 is 26.2 Å². The van der Waals surface area contributed by atoms with Crippen LogP contribution in [0.5, 0.6) is 0 Å². The maximum atomic E-state index is 9.33. The number of allylic oxidation sites excluding steroid dienone is 2. The van der Waals surface area contributed by atoms with Crippen molar-refractivity contribution in [1.29, 1.82) is 0 Å². The standard InChI is InChI=1S/C17H15.2C3H6O.Zr/c1-2-13-11-15-9-6-10-16(17(15)12-13)14-7-4-3-5-8-14;2*1-3(2)4;/h3-12H,2H2,1H3;2*4H,1H2,2H3;/q-1;;;+3/p-2. The first kappa shape index (κ1) is 24.0. The molecule has 26 heavy (non-hydrogen) atoms. The van der Waals surface area contributed by atoms with E-state index in [0.717, 1.165) is 6.42 Å². The number of hydrogen-bond acceptors (Lipinski definition) is 2. The summed E-state index contributed by atoms with van der Waals surface area (Å²) in [6.45, 7) is 11.0. The second kappa shape index (κ2) is 12.4. The van der Waals surface area contributed by atoms with Crippen molar-refractivity contribution in [2.75, 3.05) is 0 Å². The number of rotatable bonds is 2. The van der Waals surface area contributed by atoms with E-state index in [1.807, 2.05) is 0 Å². The van der Waals surface area contributed by atoms with Crippen molar-refractivity contribution in [2.45, 2.75) is 27.2 Å². The van der Waals surface area contributed by atoms with Gasteiger partial charge in [-0.3, -0.25) is 0 Å². The summed E-state index contributed by atoms with van der Waals surface area (Å²) >= 11 is 0. The van der Waals surface area contributed by atoms with Crippen LogP contribution in [0.4, 0.5) is 0 Å². The minimum Gasteiger partial charge on any atom is -0.876 e. The minimum absolute atomic E-state index is 0. The Bertz CT molecular complexity index is 797. The van der Waals surface area contributed by atoms with Crippen molar-refractivity contribution in [2.24, 2.45) is 0 Å². The molecule has 0 heterocycles. The van der Waals surface area contributed by atoms with Gasteiger partial charge < -0.3 is 10.2 Å². The van der Waals surface area contributed by atoms with Crippen LogP contribution in [0.25, 0.3) is 21.9 Å². The number of aryl methyl sites for hydroxylation is 1. The van der Waals surface area contributed by atoms with Crippen molar-refractivity contribution >= 4 is 10.8 Å². The van der Waals surface area contributed by atoms with Gasteiger partial charge in [0, 0.05) is 0 Å². The normalized spacial score (nSPS) is 9.04. The first-order valence-corrected chi connectivity index (χ1v) is 8.24. The first-order valence-electron chi connectivity index (χ1n) is 8.24. The number of benzene rings is 2. The molecule has 3 heteroatoms. The van der Waals surface area contributed by atoms with Gasteiger partial charge in [0.1, 0.15) is 0 Å². The Morgan fingerprint density at radius 2 is 1.46 bits per heavy atom. The van der Waals surface area contributed by atoms with Gasteiger partial charge in [0.2, 0.25) is 0 Å². The third kappa shape index (κ3) is 8.40. The molecule has 0 saturated heterocycles. The zero-order valence-corrected chi connectivity index (χ0v) is 18.2. The molecular formula is C23H25O2Zr. The summed E-state index contributed by atoms with van der Waals surface area (Å²) < 4.78 is 0.